The topological polar surface area (TPSA) is 0 Å². The van der Waals surface area contributed by atoms with Gasteiger partial charge in [0, 0.05) is 0 Å². The summed E-state index contributed by atoms with van der Waals surface area (Å²) >= 11 is 0. The zero-order valence-corrected chi connectivity index (χ0v) is 6.44. The Labute approximate surface area is 58.5 Å². The van der Waals surface area contributed by atoms with Crippen LogP contribution in [0.5, 0.6) is 0 Å². The molecule has 0 aromatic heterocycles. The van der Waals surface area contributed by atoms with Crippen molar-refractivity contribution in [3.05, 3.63) is 0 Å². The van der Waals surface area contributed by atoms with Gasteiger partial charge in [0.05, 0.1) is 0 Å². The van der Waals surface area contributed by atoms with Crippen LogP contribution in [-0.4, -0.2) is 0 Å². The molecule has 0 bridgehead atoms. The molecule has 0 heterocycles. The monoisotopic (exact) mass is 350 g/mol. The molecule has 0 aromatic carbocycles. The molecule has 7 heteroatoms. The Morgan fingerprint density at radius 2 is 0.286 bits per heavy atom. The van der Waals surface area contributed by atoms with Crippen molar-refractivity contribution in [2.24, 2.45) is 0 Å². The van der Waals surface area contributed by atoms with Crippen molar-refractivity contribution in [3.8, 4) is 0 Å². The summed E-state index contributed by atoms with van der Waals surface area (Å²) in [7, 11) is 0. The van der Waals surface area contributed by atoms with Gasteiger partial charge in [-0.2, -0.15) is 0 Å². The molecule has 0 fully saturated rings. The third kappa shape index (κ3) is 396. The first-order valence-electron chi connectivity index (χ1n) is 0. The molecule has 0 rings (SSSR count). The zero-order valence-electron chi connectivity index (χ0n) is 2.72. The van der Waals surface area contributed by atoms with Gasteiger partial charge >= 0.3 is 29.9 Å². The van der Waals surface area contributed by atoms with Crippen LogP contribution in [0.2, 0.25) is 0 Å². The molecule has 0 nitrogen and oxygen atoms in total. The Bertz CT molecular complexity index is 4.14. The van der Waals surface area contributed by atoms with E-state index in [9.17, 15) is 0 Å². The molecule has 0 atom stereocenters. The molecule has 0 N–H and O–H groups in total. The van der Waals surface area contributed by atoms with Crippen molar-refractivity contribution in [1.29, 1.82) is 0 Å². The van der Waals surface area contributed by atoms with Gasteiger partial charge in [0.15, 0.2) is 0 Å². The Morgan fingerprint density at radius 1 is 0.286 bits per heavy atom. The molecule has 0 aliphatic heterocycles. The Kier molecular flexibility index (Phi) is 78600. The summed E-state index contributed by atoms with van der Waals surface area (Å²) in [5.41, 5.74) is 0. The smallest absolute Gasteiger partial charge is 1.00 e. The van der Waals surface area contributed by atoms with E-state index in [-0.39, 0.29) is 58.2 Å². The predicted molar refractivity (Wildman–Crippen MR) is 0 cm³/mol. The van der Waals surface area contributed by atoms with Gasteiger partial charge in [0.2, 0.25) is 0 Å². The van der Waals surface area contributed by atoms with Crippen LogP contribution in [0.1, 0.15) is 0 Å². The summed E-state index contributed by atoms with van der Waals surface area (Å²) in [5, 5.41) is 0. The fourth-order valence-corrected chi connectivity index (χ4v) is 0. The summed E-state index contributed by atoms with van der Waals surface area (Å²) in [6.45, 7) is 0. The van der Waals surface area contributed by atoms with Gasteiger partial charge in [-0.05, 0) is 0 Å². The predicted octanol–water partition coefficient (Wildman–Crippen LogP) is -18.0. The SMILES string of the molecule is [F-].[F-].[F-].[F-].[F-].[F-].[Np+6]. The average molecular weight is 351 g/mol. The maximum absolute atomic E-state index is 0. The van der Waals surface area contributed by atoms with Gasteiger partial charge in [0.25, 0.3) is 0 Å². The van der Waals surface area contributed by atoms with Crippen LogP contribution in [0.3, 0.4) is 0 Å². The molecule has 47 valence electrons. The standard InChI is InChI=1S/6FH.Np/h6*1H;/q;;;;;;+6/p-6. The van der Waals surface area contributed by atoms with Crippen LogP contribution < -0.4 is 28.2 Å². The Morgan fingerprint density at radius 3 is 0.286 bits per heavy atom. The van der Waals surface area contributed by atoms with Crippen molar-refractivity contribution in [3.63, 3.8) is 0 Å². The molecule has 0 amide bonds. The van der Waals surface area contributed by atoms with E-state index in [0.29, 0.717) is 0 Å². The largest absolute Gasteiger partial charge is 6.00 e. The summed E-state index contributed by atoms with van der Waals surface area (Å²) < 4.78 is 0. The fourth-order valence-electron chi connectivity index (χ4n) is 0. The minimum absolute atomic E-state index is 0. The van der Waals surface area contributed by atoms with Crippen LogP contribution in [-0.2, 0) is 0 Å². The van der Waals surface area contributed by atoms with Crippen LogP contribution >= 0.6 is 0 Å². The van der Waals surface area contributed by atoms with Gasteiger partial charge in [-0.3, -0.25) is 0 Å². The molecular formula is F6Np. The summed E-state index contributed by atoms with van der Waals surface area (Å²) in [6.07, 6.45) is 0. The van der Waals surface area contributed by atoms with Crippen molar-refractivity contribution >= 4 is 0 Å². The van der Waals surface area contributed by atoms with Gasteiger partial charge < -0.3 is 28.2 Å². The zero-order chi connectivity index (χ0) is 0. The molecule has 0 aliphatic rings. The van der Waals surface area contributed by atoms with E-state index >= 15 is 0 Å². The first-order chi connectivity index (χ1) is 0. The third-order valence-corrected chi connectivity index (χ3v) is 0. The van der Waals surface area contributed by atoms with E-state index in [1.54, 1.807) is 0 Å². The molecule has 0 radical (unpaired) electrons. The quantitative estimate of drug-likeness (QED) is 0.381. The number of hydrogen-bond donors (Lipinski definition) is 0. The second kappa shape index (κ2) is 587. The second-order valence-electron chi connectivity index (χ2n) is 0. The summed E-state index contributed by atoms with van der Waals surface area (Å²) in [4.78, 5) is 0. The number of rotatable bonds is 0. The van der Waals surface area contributed by atoms with E-state index in [4.69, 9.17) is 0 Å². The Hall–Kier alpha value is 0.593. The number of hydrogen-bond acceptors (Lipinski definition) is 0. The minimum atomic E-state index is 0. The molecule has 0 saturated heterocycles. The van der Waals surface area contributed by atoms with E-state index in [2.05, 4.69) is 0 Å². The third-order valence-electron chi connectivity index (χ3n) is 0. The van der Waals surface area contributed by atoms with Crippen LogP contribution in [0, 0.1) is 29.9 Å². The molecule has 0 aliphatic carbocycles. The van der Waals surface area contributed by atoms with Gasteiger partial charge in [0.1, 0.15) is 0 Å². The molecular weight excluding hydrogens is 351 g/mol. The van der Waals surface area contributed by atoms with Gasteiger partial charge in [-0.1, -0.05) is 0 Å². The maximum atomic E-state index is 0. The first-order valence-corrected chi connectivity index (χ1v) is 0. The first kappa shape index (κ1) is 939. The minimum Gasteiger partial charge on any atom is -1.00 e. The van der Waals surface area contributed by atoms with Crippen molar-refractivity contribution in [2.75, 3.05) is 0 Å². The van der Waals surface area contributed by atoms with Crippen LogP contribution in [0.4, 0.5) is 0 Å². The van der Waals surface area contributed by atoms with E-state index < -0.39 is 0 Å². The van der Waals surface area contributed by atoms with E-state index in [1.807, 2.05) is 0 Å². The molecule has 0 aromatic rings. The second-order valence-corrected chi connectivity index (χ2v) is 0. The van der Waals surface area contributed by atoms with Crippen LogP contribution in [0.15, 0.2) is 0 Å². The molecule has 7 heavy (non-hydrogen) atoms. The van der Waals surface area contributed by atoms with E-state index in [0.717, 1.165) is 0 Å². The normalized spacial score (nSPS) is 0. The maximum Gasteiger partial charge on any atom is 6.00 e. The number of halogens is 6. The molecule has 0 spiro atoms. The van der Waals surface area contributed by atoms with Crippen molar-refractivity contribution < 1.29 is 58.2 Å². The summed E-state index contributed by atoms with van der Waals surface area (Å²) in [6, 6.07) is 0. The van der Waals surface area contributed by atoms with Gasteiger partial charge in [-0.25, -0.2) is 0 Å². The molecule has 0 saturated carbocycles. The van der Waals surface area contributed by atoms with Crippen molar-refractivity contribution in [2.45, 2.75) is 0 Å². The van der Waals surface area contributed by atoms with Crippen molar-refractivity contribution in [1.82, 2.24) is 0 Å². The Balaban J connectivity index is 0. The fraction of sp³-hybridized carbons (Fsp3) is 0. The van der Waals surface area contributed by atoms with Gasteiger partial charge in [-0.15, -0.1) is 0 Å². The molecule has 0 unspecified atom stereocenters. The van der Waals surface area contributed by atoms with E-state index in [1.165, 1.54) is 0 Å². The van der Waals surface area contributed by atoms with Crippen LogP contribution in [0.25, 0.3) is 0 Å². The average Bonchev–Trinajstić information content (AvgIpc) is 0. The summed E-state index contributed by atoms with van der Waals surface area (Å²) in [5.74, 6) is 0.